The SMILES string of the molecule is COCCOc1ccc(Br)cc1C(=O)NNC(=O)COc1ccc(Cl)c(C)c1. The molecule has 0 radical (unpaired) electrons. The van der Waals surface area contributed by atoms with E-state index in [0.29, 0.717) is 34.2 Å². The Morgan fingerprint density at radius 3 is 2.57 bits per heavy atom. The van der Waals surface area contributed by atoms with Crippen LogP contribution in [-0.4, -0.2) is 38.7 Å². The number of methoxy groups -OCH3 is 1. The number of rotatable bonds is 8. The van der Waals surface area contributed by atoms with Gasteiger partial charge in [-0.05, 0) is 48.9 Å². The lowest BCUT2D eigenvalue weighted by Gasteiger charge is -2.13. The molecule has 0 aliphatic heterocycles. The van der Waals surface area contributed by atoms with Gasteiger partial charge in [-0.1, -0.05) is 27.5 Å². The molecule has 0 heterocycles. The summed E-state index contributed by atoms with van der Waals surface area (Å²) in [6.45, 7) is 2.24. The van der Waals surface area contributed by atoms with Gasteiger partial charge in [-0.3, -0.25) is 20.4 Å². The maximum Gasteiger partial charge on any atom is 0.276 e. The minimum atomic E-state index is -0.524. The number of amides is 2. The van der Waals surface area contributed by atoms with E-state index in [1.807, 2.05) is 6.92 Å². The Bertz CT molecular complexity index is 847. The van der Waals surface area contributed by atoms with E-state index in [9.17, 15) is 9.59 Å². The Labute approximate surface area is 176 Å². The summed E-state index contributed by atoms with van der Waals surface area (Å²) >= 11 is 9.26. The van der Waals surface area contributed by atoms with Crippen LogP contribution in [0.3, 0.4) is 0 Å². The van der Waals surface area contributed by atoms with Crippen LogP contribution in [-0.2, 0) is 9.53 Å². The van der Waals surface area contributed by atoms with Gasteiger partial charge in [0.25, 0.3) is 11.8 Å². The van der Waals surface area contributed by atoms with E-state index in [2.05, 4.69) is 26.8 Å². The molecule has 0 unspecified atom stereocenters. The number of benzene rings is 2. The summed E-state index contributed by atoms with van der Waals surface area (Å²) in [4.78, 5) is 24.3. The fourth-order valence-electron chi connectivity index (χ4n) is 2.13. The molecule has 0 bridgehead atoms. The molecule has 7 nitrogen and oxygen atoms in total. The maximum absolute atomic E-state index is 12.4. The van der Waals surface area contributed by atoms with Gasteiger partial charge in [-0.25, -0.2) is 0 Å². The van der Waals surface area contributed by atoms with Crippen molar-refractivity contribution in [2.24, 2.45) is 0 Å². The molecule has 150 valence electrons. The smallest absolute Gasteiger partial charge is 0.276 e. The summed E-state index contributed by atoms with van der Waals surface area (Å²) in [5.74, 6) is -0.161. The molecule has 0 aliphatic rings. The molecule has 9 heteroatoms. The number of carbonyl (C=O) groups is 2. The van der Waals surface area contributed by atoms with E-state index in [1.54, 1.807) is 43.5 Å². The number of hydrogen-bond acceptors (Lipinski definition) is 5. The first kappa shape index (κ1) is 22.0. The lowest BCUT2D eigenvalue weighted by atomic mass is 10.2. The normalized spacial score (nSPS) is 10.3. The van der Waals surface area contributed by atoms with Crippen molar-refractivity contribution >= 4 is 39.3 Å². The quantitative estimate of drug-likeness (QED) is 0.456. The van der Waals surface area contributed by atoms with Crippen LogP contribution in [0.25, 0.3) is 0 Å². The highest BCUT2D eigenvalue weighted by molar-refractivity contribution is 9.10. The first-order valence-corrected chi connectivity index (χ1v) is 9.47. The van der Waals surface area contributed by atoms with Crippen molar-refractivity contribution in [2.75, 3.05) is 26.9 Å². The van der Waals surface area contributed by atoms with Gasteiger partial charge in [0.1, 0.15) is 18.1 Å². The lowest BCUT2D eigenvalue weighted by molar-refractivity contribution is -0.123. The zero-order valence-corrected chi connectivity index (χ0v) is 17.7. The van der Waals surface area contributed by atoms with Crippen LogP contribution in [0.1, 0.15) is 15.9 Å². The number of carbonyl (C=O) groups excluding carboxylic acids is 2. The minimum Gasteiger partial charge on any atom is -0.490 e. The van der Waals surface area contributed by atoms with Crippen LogP contribution in [0.4, 0.5) is 0 Å². The first-order chi connectivity index (χ1) is 13.4. The van der Waals surface area contributed by atoms with Gasteiger partial charge >= 0.3 is 0 Å². The van der Waals surface area contributed by atoms with Crippen molar-refractivity contribution in [1.82, 2.24) is 10.9 Å². The zero-order valence-electron chi connectivity index (χ0n) is 15.4. The van der Waals surface area contributed by atoms with Crippen LogP contribution >= 0.6 is 27.5 Å². The summed E-state index contributed by atoms with van der Waals surface area (Å²) in [7, 11) is 1.56. The lowest BCUT2D eigenvalue weighted by Crippen LogP contribution is -2.44. The second-order valence-corrected chi connectivity index (χ2v) is 7.01. The van der Waals surface area contributed by atoms with Gasteiger partial charge in [0.15, 0.2) is 6.61 Å². The summed E-state index contributed by atoms with van der Waals surface area (Å²) < 4.78 is 16.5. The first-order valence-electron chi connectivity index (χ1n) is 8.30. The molecule has 2 amide bonds. The van der Waals surface area contributed by atoms with E-state index in [0.717, 1.165) is 5.56 Å². The van der Waals surface area contributed by atoms with Gasteiger partial charge in [0.05, 0.1) is 12.2 Å². The third-order valence-corrected chi connectivity index (χ3v) is 4.46. The van der Waals surface area contributed by atoms with Crippen LogP contribution in [0.5, 0.6) is 11.5 Å². The molecule has 2 aromatic carbocycles. The van der Waals surface area contributed by atoms with Crippen LogP contribution in [0.15, 0.2) is 40.9 Å². The molecular weight excluding hydrogens is 452 g/mol. The molecule has 2 aromatic rings. The van der Waals surface area contributed by atoms with Gasteiger partial charge in [0.2, 0.25) is 0 Å². The van der Waals surface area contributed by atoms with Gasteiger partial charge < -0.3 is 14.2 Å². The van der Waals surface area contributed by atoms with E-state index >= 15 is 0 Å². The number of aryl methyl sites for hydroxylation is 1. The molecule has 0 saturated carbocycles. The molecular formula is C19H20BrClN2O5. The highest BCUT2D eigenvalue weighted by Gasteiger charge is 2.14. The monoisotopic (exact) mass is 470 g/mol. The maximum atomic E-state index is 12.4. The highest BCUT2D eigenvalue weighted by Crippen LogP contribution is 2.23. The molecule has 0 spiro atoms. The Morgan fingerprint density at radius 1 is 1.07 bits per heavy atom. The largest absolute Gasteiger partial charge is 0.490 e. The van der Waals surface area contributed by atoms with Crippen molar-refractivity contribution in [3.8, 4) is 11.5 Å². The summed E-state index contributed by atoms with van der Waals surface area (Å²) in [6.07, 6.45) is 0. The fraction of sp³-hybridized carbons (Fsp3) is 0.263. The fourth-order valence-corrected chi connectivity index (χ4v) is 2.60. The average molecular weight is 472 g/mol. The van der Waals surface area contributed by atoms with E-state index in [1.165, 1.54) is 0 Å². The molecule has 0 atom stereocenters. The number of halogens is 2. The minimum absolute atomic E-state index is 0.264. The molecule has 28 heavy (non-hydrogen) atoms. The van der Waals surface area contributed by atoms with Crippen LogP contribution in [0, 0.1) is 6.92 Å². The molecule has 0 aliphatic carbocycles. The number of hydrogen-bond donors (Lipinski definition) is 2. The summed E-state index contributed by atoms with van der Waals surface area (Å²) in [5, 5.41) is 0.613. The number of nitrogens with one attached hydrogen (secondary N) is 2. The average Bonchev–Trinajstić information content (AvgIpc) is 2.68. The number of ether oxygens (including phenoxy) is 3. The van der Waals surface area contributed by atoms with Gasteiger partial charge in [-0.2, -0.15) is 0 Å². The highest BCUT2D eigenvalue weighted by atomic mass is 79.9. The third kappa shape index (κ3) is 6.70. The molecule has 2 rings (SSSR count). The Morgan fingerprint density at radius 2 is 1.86 bits per heavy atom. The zero-order chi connectivity index (χ0) is 20.5. The topological polar surface area (TPSA) is 85.9 Å². The van der Waals surface area contributed by atoms with Crippen molar-refractivity contribution in [1.29, 1.82) is 0 Å². The summed E-state index contributed by atoms with van der Waals surface area (Å²) in [5.41, 5.74) is 5.75. The second-order valence-electron chi connectivity index (χ2n) is 5.68. The predicted octanol–water partition coefficient (Wildman–Crippen LogP) is 3.28. The third-order valence-electron chi connectivity index (χ3n) is 3.55. The number of hydrazine groups is 1. The van der Waals surface area contributed by atoms with Crippen molar-refractivity contribution in [3.05, 3.63) is 57.0 Å². The molecule has 0 fully saturated rings. The predicted molar refractivity (Wildman–Crippen MR) is 109 cm³/mol. The van der Waals surface area contributed by atoms with E-state index in [-0.39, 0.29) is 12.2 Å². The van der Waals surface area contributed by atoms with Gasteiger partial charge in [-0.15, -0.1) is 0 Å². The van der Waals surface area contributed by atoms with Crippen molar-refractivity contribution in [3.63, 3.8) is 0 Å². The van der Waals surface area contributed by atoms with Crippen LogP contribution in [0.2, 0.25) is 5.02 Å². The standard InChI is InChI=1S/C19H20BrClN2O5/c1-12-9-14(4-5-16(12)21)28-11-18(24)22-23-19(25)15-10-13(20)3-6-17(15)27-8-7-26-2/h3-6,9-10H,7-8,11H2,1-2H3,(H,22,24)(H,23,25). The summed E-state index contributed by atoms with van der Waals surface area (Å²) in [6, 6.07) is 10.1. The van der Waals surface area contributed by atoms with E-state index < -0.39 is 11.8 Å². The van der Waals surface area contributed by atoms with Crippen molar-refractivity contribution < 1.29 is 23.8 Å². The van der Waals surface area contributed by atoms with Crippen LogP contribution < -0.4 is 20.3 Å². The Kier molecular flexibility index (Phi) is 8.56. The van der Waals surface area contributed by atoms with Crippen molar-refractivity contribution in [2.45, 2.75) is 6.92 Å². The van der Waals surface area contributed by atoms with E-state index in [4.69, 9.17) is 25.8 Å². The second kappa shape index (κ2) is 10.9. The molecule has 2 N–H and O–H groups in total. The molecule has 0 saturated heterocycles. The Balaban J connectivity index is 1.89. The van der Waals surface area contributed by atoms with Gasteiger partial charge in [0, 0.05) is 16.6 Å². The molecule has 0 aromatic heterocycles. The Hall–Kier alpha value is -2.29.